The maximum Gasteiger partial charge on any atom is 0.306 e. The van der Waals surface area contributed by atoms with Crippen LogP contribution in [0.2, 0.25) is 0 Å². The van der Waals surface area contributed by atoms with Crippen LogP contribution in [0.15, 0.2) is 85.1 Å². The lowest BCUT2D eigenvalue weighted by Gasteiger charge is -2.18. The maximum atomic E-state index is 12.9. The molecule has 0 aromatic rings. The molecule has 0 heterocycles. The van der Waals surface area contributed by atoms with E-state index in [0.29, 0.717) is 19.3 Å². The van der Waals surface area contributed by atoms with Gasteiger partial charge in [0.25, 0.3) is 0 Å². The number of carbonyl (C=O) groups is 3. The summed E-state index contributed by atoms with van der Waals surface area (Å²) in [5, 5.41) is 0. The number of rotatable bonds is 55. The quantitative estimate of drug-likeness (QED) is 0.0261. The second kappa shape index (κ2) is 60.1. The molecule has 1 atom stereocenters. The minimum Gasteiger partial charge on any atom is -0.462 e. The minimum atomic E-state index is -0.785. The van der Waals surface area contributed by atoms with Gasteiger partial charge in [-0.2, -0.15) is 0 Å². The third-order valence-electron chi connectivity index (χ3n) is 13.1. The third kappa shape index (κ3) is 57.5. The van der Waals surface area contributed by atoms with E-state index in [1.54, 1.807) is 0 Å². The summed E-state index contributed by atoms with van der Waals surface area (Å²) in [5.74, 6) is -0.894. The molecule has 0 rings (SSSR count). The maximum absolute atomic E-state index is 12.9. The molecule has 0 radical (unpaired) electrons. The number of ether oxygens (including phenoxy) is 3. The topological polar surface area (TPSA) is 78.9 Å². The van der Waals surface area contributed by atoms with Crippen molar-refractivity contribution in [1.29, 1.82) is 0 Å². The van der Waals surface area contributed by atoms with Gasteiger partial charge in [0.05, 0.1) is 0 Å². The molecular weight excluding hydrogens is 889 g/mol. The number of unbranched alkanes of at least 4 members (excludes halogenated alkanes) is 30. The first-order valence-corrected chi connectivity index (χ1v) is 30.6. The minimum absolute atomic E-state index is 0.0823. The lowest BCUT2D eigenvalue weighted by atomic mass is 10.0. The van der Waals surface area contributed by atoms with Crippen molar-refractivity contribution in [3.63, 3.8) is 0 Å². The largest absolute Gasteiger partial charge is 0.462 e. The van der Waals surface area contributed by atoms with Crippen molar-refractivity contribution in [3.05, 3.63) is 85.1 Å². The molecule has 6 heteroatoms. The van der Waals surface area contributed by atoms with E-state index >= 15 is 0 Å². The Morgan fingerprint density at radius 2 is 0.556 bits per heavy atom. The highest BCUT2D eigenvalue weighted by molar-refractivity contribution is 5.71. The normalized spacial score (nSPS) is 12.7. The average Bonchev–Trinajstić information content (AvgIpc) is 3.38. The summed E-state index contributed by atoms with van der Waals surface area (Å²) >= 11 is 0. The van der Waals surface area contributed by atoms with Crippen molar-refractivity contribution in [2.45, 2.75) is 303 Å². The van der Waals surface area contributed by atoms with Gasteiger partial charge in [0.1, 0.15) is 13.2 Å². The van der Waals surface area contributed by atoms with Crippen LogP contribution in [0.1, 0.15) is 297 Å². The van der Waals surface area contributed by atoms with E-state index in [9.17, 15) is 14.4 Å². The summed E-state index contributed by atoms with van der Waals surface area (Å²) in [6.07, 6.45) is 78.7. The van der Waals surface area contributed by atoms with Crippen LogP contribution in [0.5, 0.6) is 0 Å². The van der Waals surface area contributed by atoms with Crippen LogP contribution < -0.4 is 0 Å². The molecule has 0 N–H and O–H groups in total. The smallest absolute Gasteiger partial charge is 0.306 e. The highest BCUT2D eigenvalue weighted by atomic mass is 16.6. The Morgan fingerprint density at radius 3 is 0.903 bits per heavy atom. The van der Waals surface area contributed by atoms with Gasteiger partial charge >= 0.3 is 17.9 Å². The van der Waals surface area contributed by atoms with Gasteiger partial charge in [-0.3, -0.25) is 14.4 Å². The van der Waals surface area contributed by atoms with Crippen molar-refractivity contribution >= 4 is 17.9 Å². The zero-order valence-electron chi connectivity index (χ0n) is 47.4. The zero-order chi connectivity index (χ0) is 52.2. The standard InChI is InChI=1S/C66H114O6/c1-4-7-10-13-16-19-22-24-26-28-30-31-32-33-34-35-36-38-39-41-44-47-50-53-56-59-65(68)71-62-63(61-70-64(67)58-55-52-49-46-43-21-18-15-12-9-6-3)72-66(69)60-57-54-51-48-45-42-40-37-29-27-25-23-20-17-14-11-8-5-2/h7,10,15-16,18-20,23-24,26-27,29-31,63H,4-6,8-9,11-14,17,21-22,25,28,32-62H2,1-3H3/b10-7-,18-15-,19-16-,23-20-,26-24-,29-27-,31-30-. The highest BCUT2D eigenvalue weighted by Crippen LogP contribution is 2.16. The lowest BCUT2D eigenvalue weighted by Crippen LogP contribution is -2.30. The first-order chi connectivity index (χ1) is 35.5. The predicted molar refractivity (Wildman–Crippen MR) is 311 cm³/mol. The molecule has 0 bridgehead atoms. The van der Waals surface area contributed by atoms with Gasteiger partial charge in [-0.25, -0.2) is 0 Å². The van der Waals surface area contributed by atoms with Gasteiger partial charge in [-0.05, 0) is 109 Å². The van der Waals surface area contributed by atoms with E-state index < -0.39 is 6.10 Å². The van der Waals surface area contributed by atoms with Gasteiger partial charge in [-0.1, -0.05) is 254 Å². The number of allylic oxidation sites excluding steroid dienone is 14. The SMILES string of the molecule is CC/C=C\C/C=C\C/C=C\C/C=C\CCCCCCCCCCCCCCC(=O)OCC(COC(=O)CCCCCCC/C=C\CCCC)OC(=O)CCCCCCCCC/C=C\C/C=C\CCCCCC. The summed E-state index contributed by atoms with van der Waals surface area (Å²) in [6, 6.07) is 0. The molecule has 0 aliphatic rings. The van der Waals surface area contributed by atoms with E-state index in [2.05, 4.69) is 106 Å². The van der Waals surface area contributed by atoms with E-state index in [4.69, 9.17) is 14.2 Å². The van der Waals surface area contributed by atoms with E-state index in [-0.39, 0.29) is 31.1 Å². The van der Waals surface area contributed by atoms with E-state index in [1.807, 2.05) is 0 Å². The van der Waals surface area contributed by atoms with Gasteiger partial charge in [0, 0.05) is 19.3 Å². The summed E-state index contributed by atoms with van der Waals surface area (Å²) in [5.41, 5.74) is 0. The number of hydrogen-bond acceptors (Lipinski definition) is 6. The molecular formula is C66H114O6. The van der Waals surface area contributed by atoms with Gasteiger partial charge in [0.2, 0.25) is 0 Å². The van der Waals surface area contributed by atoms with Crippen molar-refractivity contribution in [2.24, 2.45) is 0 Å². The zero-order valence-corrected chi connectivity index (χ0v) is 47.4. The van der Waals surface area contributed by atoms with E-state index in [0.717, 1.165) is 103 Å². The van der Waals surface area contributed by atoms with Crippen LogP contribution in [0, 0.1) is 0 Å². The first kappa shape index (κ1) is 68.6. The monoisotopic (exact) mass is 1000 g/mol. The summed E-state index contributed by atoms with van der Waals surface area (Å²) < 4.78 is 16.9. The molecule has 6 nitrogen and oxygen atoms in total. The molecule has 0 aromatic carbocycles. The van der Waals surface area contributed by atoms with Crippen LogP contribution in [-0.4, -0.2) is 37.2 Å². The molecule has 1 unspecified atom stereocenters. The highest BCUT2D eigenvalue weighted by Gasteiger charge is 2.19. The molecule has 0 saturated carbocycles. The Hall–Kier alpha value is -3.41. The Bertz CT molecular complexity index is 1380. The molecule has 0 spiro atoms. The predicted octanol–water partition coefficient (Wildman–Crippen LogP) is 20.7. The molecule has 72 heavy (non-hydrogen) atoms. The van der Waals surface area contributed by atoms with Crippen LogP contribution in [0.25, 0.3) is 0 Å². The fourth-order valence-corrected chi connectivity index (χ4v) is 8.50. The van der Waals surface area contributed by atoms with Crippen molar-refractivity contribution in [2.75, 3.05) is 13.2 Å². The average molecular weight is 1000 g/mol. The van der Waals surface area contributed by atoms with Gasteiger partial charge in [-0.15, -0.1) is 0 Å². The van der Waals surface area contributed by atoms with E-state index in [1.165, 1.54) is 154 Å². The molecule has 414 valence electrons. The fraction of sp³-hybridized carbons (Fsp3) is 0.742. The number of carbonyl (C=O) groups excluding carboxylic acids is 3. The summed E-state index contributed by atoms with van der Waals surface area (Å²) in [4.78, 5) is 38.2. The second-order valence-corrected chi connectivity index (χ2v) is 20.2. The molecule has 0 aliphatic carbocycles. The Labute approximate surface area is 445 Å². The van der Waals surface area contributed by atoms with Crippen LogP contribution in [0.3, 0.4) is 0 Å². The Balaban J connectivity index is 4.28. The third-order valence-corrected chi connectivity index (χ3v) is 13.1. The summed E-state index contributed by atoms with van der Waals surface area (Å²) in [7, 11) is 0. The van der Waals surface area contributed by atoms with Gasteiger partial charge in [0.15, 0.2) is 6.10 Å². The number of hydrogen-bond donors (Lipinski definition) is 0. The molecule has 0 amide bonds. The number of esters is 3. The Morgan fingerprint density at radius 1 is 0.292 bits per heavy atom. The lowest BCUT2D eigenvalue weighted by molar-refractivity contribution is -0.167. The molecule has 0 aromatic heterocycles. The van der Waals surface area contributed by atoms with Crippen LogP contribution in [0.4, 0.5) is 0 Å². The van der Waals surface area contributed by atoms with Crippen LogP contribution >= 0.6 is 0 Å². The molecule has 0 saturated heterocycles. The van der Waals surface area contributed by atoms with Crippen molar-refractivity contribution < 1.29 is 28.6 Å². The van der Waals surface area contributed by atoms with Crippen molar-refractivity contribution in [3.8, 4) is 0 Å². The van der Waals surface area contributed by atoms with Crippen LogP contribution in [-0.2, 0) is 28.6 Å². The molecule has 0 fully saturated rings. The fourth-order valence-electron chi connectivity index (χ4n) is 8.50. The first-order valence-electron chi connectivity index (χ1n) is 30.6. The second-order valence-electron chi connectivity index (χ2n) is 20.2. The van der Waals surface area contributed by atoms with Crippen molar-refractivity contribution in [1.82, 2.24) is 0 Å². The van der Waals surface area contributed by atoms with Gasteiger partial charge < -0.3 is 14.2 Å². The summed E-state index contributed by atoms with van der Waals surface area (Å²) in [6.45, 7) is 6.48. The molecule has 0 aliphatic heterocycles. The Kier molecular flexibility index (Phi) is 57.3.